The molecule has 0 aliphatic carbocycles. The molecule has 0 spiro atoms. The molecule has 182 valence electrons. The highest BCUT2D eigenvalue weighted by Crippen LogP contribution is 2.46. The molecule has 0 amide bonds. The Balaban J connectivity index is 0.00000141. The van der Waals surface area contributed by atoms with Gasteiger partial charge in [0, 0.05) is 26.7 Å². The number of fused-ring (bicyclic) bond motifs is 3. The zero-order chi connectivity index (χ0) is 25.3. The van der Waals surface area contributed by atoms with E-state index in [2.05, 4.69) is 5.90 Å². The summed E-state index contributed by atoms with van der Waals surface area (Å²) in [5, 5.41) is 28.5. The van der Waals surface area contributed by atoms with Crippen molar-refractivity contribution in [3.05, 3.63) is 88.3 Å². The van der Waals surface area contributed by atoms with Crippen LogP contribution in [0.2, 0.25) is 5.02 Å². The van der Waals surface area contributed by atoms with E-state index in [4.69, 9.17) is 16.8 Å². The molecule has 11 heteroatoms. The van der Waals surface area contributed by atoms with Gasteiger partial charge in [-0.25, -0.2) is 14.3 Å². The molecule has 35 heavy (non-hydrogen) atoms. The predicted molar refractivity (Wildman–Crippen MR) is 134 cm³/mol. The number of thiophene rings is 1. The van der Waals surface area contributed by atoms with Crippen LogP contribution >= 0.6 is 22.9 Å². The SMILES string of the molecule is NO.O=C(O)C1c2c(sc3ccccc23)C(O)CN1S(=O)(=O)c1ccc(-c2ccc(Cl)cc2)cc1. The standard InChI is InChI=1S/C24H18ClNO5S2.H3NO/c25-16-9-5-14(6-10-16)15-7-11-17(12-8-15)33(30,31)26-13-19(27)23-21(22(26)24(28)29)18-3-1-2-4-20(18)32-23;1-2/h1-12,19,22,27H,13H2,(H,28,29);2H,1H2. The zero-order valence-electron chi connectivity index (χ0n) is 18.1. The van der Waals surface area contributed by atoms with E-state index in [0.29, 0.717) is 20.8 Å². The van der Waals surface area contributed by atoms with Gasteiger partial charge < -0.3 is 15.4 Å². The number of aliphatic carboxylic acids is 1. The summed E-state index contributed by atoms with van der Waals surface area (Å²) in [7, 11) is -4.21. The number of carboxylic acids is 1. The average molecular weight is 533 g/mol. The van der Waals surface area contributed by atoms with Crippen molar-refractivity contribution in [2.24, 2.45) is 5.90 Å². The molecule has 2 atom stereocenters. The largest absolute Gasteiger partial charge is 0.480 e. The van der Waals surface area contributed by atoms with Gasteiger partial charge in [-0.15, -0.1) is 11.3 Å². The van der Waals surface area contributed by atoms with Gasteiger partial charge in [0.1, 0.15) is 12.1 Å². The number of rotatable bonds is 4. The molecule has 0 saturated carbocycles. The number of carbonyl (C=O) groups is 1. The Morgan fingerprint density at radius 3 is 2.14 bits per heavy atom. The first-order valence-corrected chi connectivity index (χ1v) is 13.0. The van der Waals surface area contributed by atoms with Gasteiger partial charge in [-0.2, -0.15) is 4.31 Å². The van der Waals surface area contributed by atoms with Gasteiger partial charge in [-0.3, -0.25) is 4.79 Å². The molecule has 5 N–H and O–H groups in total. The first-order valence-electron chi connectivity index (χ1n) is 10.3. The van der Waals surface area contributed by atoms with Crippen LogP contribution in [-0.2, 0) is 14.8 Å². The molecule has 1 aliphatic rings. The lowest BCUT2D eigenvalue weighted by Gasteiger charge is -2.34. The highest BCUT2D eigenvalue weighted by molar-refractivity contribution is 7.89. The summed E-state index contributed by atoms with van der Waals surface area (Å²) in [6.07, 6.45) is -1.11. The van der Waals surface area contributed by atoms with Crippen LogP contribution in [0.25, 0.3) is 21.2 Å². The van der Waals surface area contributed by atoms with E-state index in [1.165, 1.54) is 23.5 Å². The Labute approximate surface area is 210 Å². The Morgan fingerprint density at radius 2 is 1.54 bits per heavy atom. The van der Waals surface area contributed by atoms with Gasteiger partial charge >= 0.3 is 5.97 Å². The fourth-order valence-corrected chi connectivity index (χ4v) is 7.10. The topological polar surface area (TPSA) is 141 Å². The number of aliphatic hydroxyl groups is 1. The number of nitrogens with zero attached hydrogens (tertiary/aromatic N) is 1. The van der Waals surface area contributed by atoms with Crippen molar-refractivity contribution < 1.29 is 28.6 Å². The summed E-state index contributed by atoms with van der Waals surface area (Å²) < 4.78 is 28.8. The van der Waals surface area contributed by atoms with Crippen LogP contribution in [0.4, 0.5) is 0 Å². The van der Waals surface area contributed by atoms with Crippen LogP contribution in [0.3, 0.4) is 0 Å². The van der Waals surface area contributed by atoms with Gasteiger partial charge in [0.15, 0.2) is 0 Å². The molecule has 3 aromatic carbocycles. The Morgan fingerprint density at radius 1 is 0.971 bits per heavy atom. The molecule has 2 heterocycles. The van der Waals surface area contributed by atoms with Gasteiger partial charge in [0.05, 0.1) is 4.90 Å². The number of sulfonamides is 1. The van der Waals surface area contributed by atoms with Gasteiger partial charge in [0.2, 0.25) is 10.0 Å². The third-order valence-corrected chi connectivity index (χ3v) is 9.14. The van der Waals surface area contributed by atoms with E-state index in [1.54, 1.807) is 36.4 Å². The number of nitrogens with two attached hydrogens (primary N) is 1. The zero-order valence-corrected chi connectivity index (χ0v) is 20.5. The van der Waals surface area contributed by atoms with E-state index < -0.39 is 28.1 Å². The third kappa shape index (κ3) is 4.57. The van der Waals surface area contributed by atoms with Crippen LogP contribution in [0.1, 0.15) is 22.6 Å². The molecule has 2 unspecified atom stereocenters. The number of halogens is 1. The first-order chi connectivity index (χ1) is 16.8. The number of benzene rings is 3. The van der Waals surface area contributed by atoms with E-state index in [0.717, 1.165) is 20.1 Å². The molecule has 4 aromatic rings. The normalized spacial score (nSPS) is 17.9. The molecule has 0 saturated heterocycles. The monoisotopic (exact) mass is 532 g/mol. The Bertz CT molecular complexity index is 1470. The van der Waals surface area contributed by atoms with Crippen molar-refractivity contribution in [1.29, 1.82) is 0 Å². The molecule has 1 aromatic heterocycles. The Kier molecular flexibility index (Phi) is 7.25. The van der Waals surface area contributed by atoms with E-state index >= 15 is 0 Å². The summed E-state index contributed by atoms with van der Waals surface area (Å²) in [6, 6.07) is 19.1. The number of β-amino-alcohol motifs (C(OH)–C–C–N with tert-alkyl or cyclic N) is 1. The summed E-state index contributed by atoms with van der Waals surface area (Å²) in [4.78, 5) is 12.8. The Hall–Kier alpha value is -2.83. The maximum atomic E-state index is 13.5. The second-order valence-corrected chi connectivity index (χ2v) is 11.1. The third-order valence-electron chi connectivity index (χ3n) is 5.75. The second kappa shape index (κ2) is 10.0. The molecular formula is C24H21ClN2O6S2. The van der Waals surface area contributed by atoms with Gasteiger partial charge in [0.25, 0.3) is 0 Å². The van der Waals surface area contributed by atoms with E-state index in [9.17, 15) is 23.4 Å². The summed E-state index contributed by atoms with van der Waals surface area (Å²) in [5.74, 6) is 2.22. The van der Waals surface area contributed by atoms with Crippen molar-refractivity contribution in [2.45, 2.75) is 17.0 Å². The first kappa shape index (κ1) is 25.3. The van der Waals surface area contributed by atoms with Crippen molar-refractivity contribution in [3.8, 4) is 11.1 Å². The maximum absolute atomic E-state index is 13.5. The highest BCUT2D eigenvalue weighted by Gasteiger charge is 2.45. The summed E-state index contributed by atoms with van der Waals surface area (Å²) >= 11 is 7.23. The van der Waals surface area contributed by atoms with Crippen LogP contribution in [0, 0.1) is 0 Å². The molecule has 0 radical (unpaired) electrons. The molecule has 0 fully saturated rings. The lowest BCUT2D eigenvalue weighted by atomic mass is 9.97. The molecular weight excluding hydrogens is 512 g/mol. The fraction of sp³-hybridized carbons (Fsp3) is 0.125. The summed E-state index contributed by atoms with van der Waals surface area (Å²) in [6.45, 7) is -0.335. The second-order valence-electron chi connectivity index (χ2n) is 7.74. The van der Waals surface area contributed by atoms with Crippen LogP contribution in [0.15, 0.2) is 77.7 Å². The minimum absolute atomic E-state index is 0.0401. The number of hydrogen-bond donors (Lipinski definition) is 4. The smallest absolute Gasteiger partial charge is 0.326 e. The molecule has 8 nitrogen and oxygen atoms in total. The van der Waals surface area contributed by atoms with Crippen LogP contribution in [0.5, 0.6) is 0 Å². The maximum Gasteiger partial charge on any atom is 0.326 e. The number of carboxylic acid groups (broad SMARTS) is 1. The molecule has 1 aliphatic heterocycles. The van der Waals surface area contributed by atoms with Crippen molar-refractivity contribution >= 4 is 49.0 Å². The lowest BCUT2D eigenvalue weighted by Crippen LogP contribution is -2.44. The highest BCUT2D eigenvalue weighted by atomic mass is 35.5. The van der Waals surface area contributed by atoms with E-state index in [-0.39, 0.29) is 11.4 Å². The fourth-order valence-electron chi connectivity index (χ4n) is 4.20. The van der Waals surface area contributed by atoms with Crippen molar-refractivity contribution in [1.82, 2.24) is 4.31 Å². The van der Waals surface area contributed by atoms with Crippen LogP contribution < -0.4 is 5.90 Å². The van der Waals surface area contributed by atoms with E-state index in [1.807, 2.05) is 24.3 Å². The van der Waals surface area contributed by atoms with Gasteiger partial charge in [-0.05, 0) is 46.8 Å². The van der Waals surface area contributed by atoms with Crippen molar-refractivity contribution in [2.75, 3.05) is 6.54 Å². The summed E-state index contributed by atoms with van der Waals surface area (Å²) in [5.41, 5.74) is 2.00. The van der Waals surface area contributed by atoms with Crippen LogP contribution in [-0.4, -0.2) is 40.7 Å². The number of aliphatic hydroxyl groups excluding tert-OH is 1. The predicted octanol–water partition coefficient (Wildman–Crippen LogP) is 4.42. The minimum atomic E-state index is -4.21. The molecule has 5 rings (SSSR count). The molecule has 0 bridgehead atoms. The lowest BCUT2D eigenvalue weighted by molar-refractivity contribution is -0.142. The quantitative estimate of drug-likeness (QED) is 0.285. The number of hydrogen-bond acceptors (Lipinski definition) is 7. The van der Waals surface area contributed by atoms with Gasteiger partial charge in [-0.1, -0.05) is 54.1 Å². The minimum Gasteiger partial charge on any atom is -0.480 e. The average Bonchev–Trinajstić information content (AvgIpc) is 3.26. The van der Waals surface area contributed by atoms with Crippen molar-refractivity contribution in [3.63, 3.8) is 0 Å².